The van der Waals surface area contributed by atoms with E-state index in [9.17, 15) is 9.59 Å². The number of nitrogens with zero attached hydrogens (tertiary/aromatic N) is 3. The van der Waals surface area contributed by atoms with E-state index in [1.54, 1.807) is 24.3 Å². The fraction of sp³-hybridized carbons (Fsp3) is 0.385. The summed E-state index contributed by atoms with van der Waals surface area (Å²) >= 11 is 1.35. The van der Waals surface area contributed by atoms with Crippen LogP contribution < -0.4 is 10.6 Å². The van der Waals surface area contributed by atoms with Gasteiger partial charge in [-0.1, -0.05) is 62.9 Å². The molecular formula is C26H31N5O2S. The number of carbonyl (C=O) groups is 2. The molecule has 0 unspecified atom stereocenters. The second-order valence-electron chi connectivity index (χ2n) is 9.54. The summed E-state index contributed by atoms with van der Waals surface area (Å²) in [6.45, 7) is 9.31. The molecule has 1 aromatic heterocycles. The Morgan fingerprint density at radius 3 is 2.47 bits per heavy atom. The molecule has 0 spiro atoms. The molecular weight excluding hydrogens is 446 g/mol. The molecule has 1 heterocycles. The summed E-state index contributed by atoms with van der Waals surface area (Å²) in [6.07, 6.45) is 2.07. The quantitative estimate of drug-likeness (QED) is 0.451. The molecule has 1 saturated carbocycles. The van der Waals surface area contributed by atoms with Crippen molar-refractivity contribution in [1.29, 1.82) is 0 Å². The average Bonchev–Trinajstić information content (AvgIpc) is 3.53. The minimum Gasteiger partial charge on any atom is -0.349 e. The van der Waals surface area contributed by atoms with Crippen LogP contribution in [-0.4, -0.2) is 38.4 Å². The maximum Gasteiger partial charge on any atom is 0.251 e. The van der Waals surface area contributed by atoms with Crippen molar-refractivity contribution >= 4 is 29.3 Å². The third kappa shape index (κ3) is 5.86. The zero-order valence-corrected chi connectivity index (χ0v) is 20.9. The number of amides is 2. The van der Waals surface area contributed by atoms with E-state index < -0.39 is 0 Å². The van der Waals surface area contributed by atoms with Crippen molar-refractivity contribution in [2.24, 2.45) is 0 Å². The SMILES string of the molecule is CCn1c(SCC(=O)Nc2cccc(C(=O)NC3CC3)c2)nnc1-c1ccc(C(C)(C)C)cc1. The van der Waals surface area contributed by atoms with Crippen LogP contribution >= 0.6 is 11.8 Å². The minimum atomic E-state index is -0.161. The van der Waals surface area contributed by atoms with E-state index >= 15 is 0 Å². The lowest BCUT2D eigenvalue weighted by molar-refractivity contribution is -0.113. The Hall–Kier alpha value is -3.13. The van der Waals surface area contributed by atoms with Gasteiger partial charge in [-0.05, 0) is 48.9 Å². The molecule has 0 atom stereocenters. The van der Waals surface area contributed by atoms with Gasteiger partial charge in [0, 0.05) is 29.4 Å². The van der Waals surface area contributed by atoms with E-state index in [1.807, 2.05) is 11.5 Å². The van der Waals surface area contributed by atoms with Gasteiger partial charge in [0.1, 0.15) is 0 Å². The third-order valence-corrected chi connectivity index (χ3v) is 6.66. The van der Waals surface area contributed by atoms with Gasteiger partial charge in [-0.3, -0.25) is 9.59 Å². The molecule has 2 N–H and O–H groups in total. The van der Waals surface area contributed by atoms with Crippen molar-refractivity contribution in [1.82, 2.24) is 20.1 Å². The summed E-state index contributed by atoms with van der Waals surface area (Å²) in [5.41, 5.74) is 3.50. The van der Waals surface area contributed by atoms with Gasteiger partial charge in [0.2, 0.25) is 5.91 Å². The Morgan fingerprint density at radius 1 is 1.09 bits per heavy atom. The molecule has 0 bridgehead atoms. The van der Waals surface area contributed by atoms with Crippen LogP contribution in [0.5, 0.6) is 0 Å². The number of benzene rings is 2. The first kappa shape index (κ1) is 24.0. The summed E-state index contributed by atoms with van der Waals surface area (Å²) in [5.74, 6) is 0.721. The highest BCUT2D eigenvalue weighted by atomic mass is 32.2. The Balaban J connectivity index is 1.38. The van der Waals surface area contributed by atoms with Gasteiger partial charge in [-0.25, -0.2) is 0 Å². The van der Waals surface area contributed by atoms with E-state index in [2.05, 4.69) is 65.9 Å². The average molecular weight is 478 g/mol. The predicted octanol–water partition coefficient (Wildman–Crippen LogP) is 4.89. The molecule has 0 saturated heterocycles. The molecule has 3 aromatic rings. The van der Waals surface area contributed by atoms with Gasteiger partial charge in [0.05, 0.1) is 5.75 Å². The molecule has 4 rings (SSSR count). The highest BCUT2D eigenvalue weighted by Crippen LogP contribution is 2.28. The number of rotatable bonds is 8. The van der Waals surface area contributed by atoms with Crippen LogP contribution in [0.2, 0.25) is 0 Å². The van der Waals surface area contributed by atoms with Crippen LogP contribution in [0.3, 0.4) is 0 Å². The van der Waals surface area contributed by atoms with Gasteiger partial charge < -0.3 is 15.2 Å². The Kier molecular flexibility index (Phi) is 7.07. The van der Waals surface area contributed by atoms with E-state index in [1.165, 1.54) is 17.3 Å². The van der Waals surface area contributed by atoms with Gasteiger partial charge in [0.15, 0.2) is 11.0 Å². The van der Waals surface area contributed by atoms with Gasteiger partial charge in [-0.15, -0.1) is 10.2 Å². The smallest absolute Gasteiger partial charge is 0.251 e. The number of hydrogen-bond donors (Lipinski definition) is 2. The first-order chi connectivity index (χ1) is 16.2. The van der Waals surface area contributed by atoms with Crippen molar-refractivity contribution in [3.8, 4) is 11.4 Å². The highest BCUT2D eigenvalue weighted by Gasteiger charge is 2.24. The normalized spacial score (nSPS) is 13.5. The van der Waals surface area contributed by atoms with Crippen molar-refractivity contribution < 1.29 is 9.59 Å². The Labute approximate surface area is 204 Å². The zero-order valence-electron chi connectivity index (χ0n) is 20.1. The number of hydrogen-bond acceptors (Lipinski definition) is 5. The first-order valence-electron chi connectivity index (χ1n) is 11.6. The van der Waals surface area contributed by atoms with Crippen LogP contribution in [0.25, 0.3) is 11.4 Å². The molecule has 7 nitrogen and oxygen atoms in total. The monoisotopic (exact) mass is 477 g/mol. The second-order valence-corrected chi connectivity index (χ2v) is 10.5. The molecule has 8 heteroatoms. The Morgan fingerprint density at radius 2 is 1.82 bits per heavy atom. The predicted molar refractivity (Wildman–Crippen MR) is 136 cm³/mol. The van der Waals surface area contributed by atoms with Gasteiger partial charge in [0.25, 0.3) is 5.91 Å². The lowest BCUT2D eigenvalue weighted by Crippen LogP contribution is -2.25. The molecule has 1 fully saturated rings. The van der Waals surface area contributed by atoms with Crippen LogP contribution in [0.1, 0.15) is 56.5 Å². The lowest BCUT2D eigenvalue weighted by Gasteiger charge is -2.19. The van der Waals surface area contributed by atoms with Gasteiger partial charge in [-0.2, -0.15) is 0 Å². The standard InChI is InChI=1S/C26H31N5O2S/c1-5-31-23(17-9-11-19(12-10-17)26(2,3)4)29-30-25(31)34-16-22(32)27-21-8-6-7-18(15-21)24(33)28-20-13-14-20/h6-12,15,20H,5,13-14,16H2,1-4H3,(H,27,32)(H,28,33). The van der Waals surface area contributed by atoms with Crippen molar-refractivity contribution in [3.63, 3.8) is 0 Å². The molecule has 1 aliphatic rings. The number of nitrogens with one attached hydrogen (secondary N) is 2. The first-order valence-corrected chi connectivity index (χ1v) is 12.6. The molecule has 34 heavy (non-hydrogen) atoms. The van der Waals surface area contributed by atoms with Crippen molar-refractivity contribution in [2.75, 3.05) is 11.1 Å². The van der Waals surface area contributed by atoms with Crippen LogP contribution in [0, 0.1) is 0 Å². The van der Waals surface area contributed by atoms with Crippen molar-refractivity contribution in [2.45, 2.75) is 63.7 Å². The van der Waals surface area contributed by atoms with Crippen LogP contribution in [0.4, 0.5) is 5.69 Å². The van der Waals surface area contributed by atoms with E-state index in [4.69, 9.17) is 0 Å². The van der Waals surface area contributed by atoms with E-state index in [0.29, 0.717) is 29.0 Å². The highest BCUT2D eigenvalue weighted by molar-refractivity contribution is 7.99. The number of aromatic nitrogens is 3. The number of anilines is 1. The molecule has 0 aliphatic heterocycles. The fourth-order valence-corrected chi connectivity index (χ4v) is 4.38. The molecule has 2 amide bonds. The molecule has 2 aromatic carbocycles. The summed E-state index contributed by atoms with van der Waals surface area (Å²) in [6, 6.07) is 15.7. The molecule has 0 radical (unpaired) electrons. The lowest BCUT2D eigenvalue weighted by atomic mass is 9.87. The number of carbonyl (C=O) groups excluding carboxylic acids is 2. The van der Waals surface area contributed by atoms with Gasteiger partial charge >= 0.3 is 0 Å². The van der Waals surface area contributed by atoms with E-state index in [0.717, 1.165) is 24.2 Å². The third-order valence-electron chi connectivity index (χ3n) is 5.70. The maximum absolute atomic E-state index is 12.6. The summed E-state index contributed by atoms with van der Waals surface area (Å²) < 4.78 is 2.02. The maximum atomic E-state index is 12.6. The molecule has 1 aliphatic carbocycles. The minimum absolute atomic E-state index is 0.0892. The molecule has 178 valence electrons. The topological polar surface area (TPSA) is 88.9 Å². The number of thioether (sulfide) groups is 1. The van der Waals surface area contributed by atoms with E-state index in [-0.39, 0.29) is 23.0 Å². The van der Waals surface area contributed by atoms with Crippen LogP contribution in [-0.2, 0) is 16.8 Å². The summed E-state index contributed by atoms with van der Waals surface area (Å²) in [7, 11) is 0. The zero-order chi connectivity index (χ0) is 24.3. The van der Waals surface area contributed by atoms with Crippen LogP contribution in [0.15, 0.2) is 53.7 Å². The second kappa shape index (κ2) is 10.0. The Bertz CT molecular complexity index is 1180. The largest absolute Gasteiger partial charge is 0.349 e. The summed E-state index contributed by atoms with van der Waals surface area (Å²) in [5, 5.41) is 15.3. The summed E-state index contributed by atoms with van der Waals surface area (Å²) in [4.78, 5) is 24.8. The van der Waals surface area contributed by atoms with Crippen molar-refractivity contribution in [3.05, 3.63) is 59.7 Å². The fourth-order valence-electron chi connectivity index (χ4n) is 3.58.